The Hall–Kier alpha value is -4.16. The molecule has 4 aromatic carbocycles. The van der Waals surface area contributed by atoms with Gasteiger partial charge in [-0.05, 0) is 83.6 Å². The van der Waals surface area contributed by atoms with Crippen LogP contribution in [0.1, 0.15) is 24.0 Å². The average Bonchev–Trinajstić information content (AvgIpc) is 3.24. The molecule has 7 rings (SSSR count). The van der Waals surface area contributed by atoms with E-state index in [9.17, 15) is 0 Å². The third kappa shape index (κ3) is 12.2. The highest BCUT2D eigenvalue weighted by molar-refractivity contribution is 5.72. The summed E-state index contributed by atoms with van der Waals surface area (Å²) in [6.07, 6.45) is 1.81. The molecule has 0 unspecified atom stereocenters. The van der Waals surface area contributed by atoms with Gasteiger partial charge in [0.05, 0.1) is 66.1 Å². The van der Waals surface area contributed by atoms with Crippen molar-refractivity contribution in [1.82, 2.24) is 0 Å². The van der Waals surface area contributed by atoms with Crippen LogP contribution in [-0.4, -0.2) is 119 Å². The Labute approximate surface area is 333 Å². The van der Waals surface area contributed by atoms with Gasteiger partial charge in [0.25, 0.3) is 0 Å². The van der Waals surface area contributed by atoms with Crippen LogP contribution < -0.4 is 19.6 Å². The first-order valence-electron chi connectivity index (χ1n) is 20.6. The highest BCUT2D eigenvalue weighted by atomic mass is 16.5. The summed E-state index contributed by atoms with van der Waals surface area (Å²) >= 11 is 0. The molecule has 3 aliphatic heterocycles. The molecule has 0 N–H and O–H groups in total. The van der Waals surface area contributed by atoms with E-state index < -0.39 is 0 Å². The topological polar surface area (TPSA) is 68.3 Å². The van der Waals surface area contributed by atoms with Crippen molar-refractivity contribution in [2.75, 3.05) is 138 Å². The standard InChI is InChI=1S/C46H60N4O6/c1-7-39-33-43(11-1)47-17-23-53-24-18-48(20-26-55-30-29-54-25-19-47)44-12-2-8-40(34-44)38-50-16-6-22-52-28-32-56-31-27-51-21-5-15-49(37-39)45-13-3-9-41(35-45)42-10-4-14-46(50)36-42/h1-4,7-14,33-36H,5-6,15-32,37-38H2. The number of benzene rings is 4. The third-order valence-electron chi connectivity index (χ3n) is 10.6. The maximum Gasteiger partial charge on any atom is 0.0701 e. The number of hydrogen-bond donors (Lipinski definition) is 0. The molecule has 1 fully saturated rings. The number of rotatable bonds is 0. The molecule has 0 aromatic heterocycles. The molecular weight excluding hydrogens is 705 g/mol. The molecule has 0 radical (unpaired) electrons. The van der Waals surface area contributed by atoms with Gasteiger partial charge in [0.15, 0.2) is 0 Å². The lowest BCUT2D eigenvalue weighted by Crippen LogP contribution is -2.33. The van der Waals surface area contributed by atoms with Crippen LogP contribution in [0.2, 0.25) is 0 Å². The van der Waals surface area contributed by atoms with E-state index in [1.807, 2.05) is 0 Å². The molecule has 0 saturated carbocycles. The van der Waals surface area contributed by atoms with Gasteiger partial charge in [0.2, 0.25) is 0 Å². The van der Waals surface area contributed by atoms with Crippen LogP contribution in [0.15, 0.2) is 97.1 Å². The predicted molar refractivity (Wildman–Crippen MR) is 225 cm³/mol. The van der Waals surface area contributed by atoms with E-state index in [1.54, 1.807) is 0 Å². The van der Waals surface area contributed by atoms with E-state index in [0.29, 0.717) is 79.3 Å². The minimum absolute atomic E-state index is 0.571. The van der Waals surface area contributed by atoms with Crippen LogP contribution in [-0.2, 0) is 41.5 Å². The maximum atomic E-state index is 6.35. The second-order valence-corrected chi connectivity index (χ2v) is 14.6. The van der Waals surface area contributed by atoms with Gasteiger partial charge in [-0.15, -0.1) is 0 Å². The number of fused-ring (bicyclic) bond motifs is 12. The molecule has 3 aliphatic rings. The number of ether oxygens (including phenoxy) is 6. The first-order chi connectivity index (χ1) is 27.8. The lowest BCUT2D eigenvalue weighted by molar-refractivity contribution is 0.0142. The van der Waals surface area contributed by atoms with Gasteiger partial charge in [0.1, 0.15) is 0 Å². The van der Waals surface area contributed by atoms with Crippen molar-refractivity contribution in [3.8, 4) is 11.1 Å². The average molecular weight is 765 g/mol. The molecule has 10 heteroatoms. The summed E-state index contributed by atoms with van der Waals surface area (Å²) < 4.78 is 36.4. The molecule has 0 amide bonds. The summed E-state index contributed by atoms with van der Waals surface area (Å²) in [5.74, 6) is 0. The summed E-state index contributed by atoms with van der Waals surface area (Å²) in [5, 5.41) is 0. The van der Waals surface area contributed by atoms with E-state index in [2.05, 4.69) is 117 Å². The lowest BCUT2D eigenvalue weighted by atomic mass is 10.0. The van der Waals surface area contributed by atoms with E-state index in [1.165, 1.54) is 45.0 Å². The summed E-state index contributed by atoms with van der Waals surface area (Å²) in [4.78, 5) is 9.77. The first-order valence-corrected chi connectivity index (χ1v) is 20.6. The quantitative estimate of drug-likeness (QED) is 0.177. The summed E-state index contributed by atoms with van der Waals surface area (Å²) in [6, 6.07) is 36.0. The first kappa shape index (κ1) is 40.1. The van der Waals surface area contributed by atoms with Crippen LogP contribution in [0.3, 0.4) is 0 Å². The minimum atomic E-state index is 0.571. The lowest BCUT2D eigenvalue weighted by Gasteiger charge is -2.28. The van der Waals surface area contributed by atoms with Crippen LogP contribution in [0.25, 0.3) is 11.1 Å². The van der Waals surface area contributed by atoms with Crippen molar-refractivity contribution in [2.24, 2.45) is 0 Å². The van der Waals surface area contributed by atoms with E-state index in [4.69, 9.17) is 28.4 Å². The van der Waals surface area contributed by atoms with Crippen molar-refractivity contribution in [3.05, 3.63) is 108 Å². The van der Waals surface area contributed by atoms with Crippen LogP contribution in [0.5, 0.6) is 0 Å². The Balaban J connectivity index is 1.28. The highest BCUT2D eigenvalue weighted by Crippen LogP contribution is 2.31. The summed E-state index contributed by atoms with van der Waals surface area (Å²) in [6.45, 7) is 13.7. The fourth-order valence-corrected chi connectivity index (χ4v) is 7.63. The van der Waals surface area contributed by atoms with Crippen LogP contribution >= 0.6 is 0 Å². The Morgan fingerprint density at radius 3 is 1.07 bits per heavy atom. The van der Waals surface area contributed by atoms with Crippen molar-refractivity contribution in [1.29, 1.82) is 0 Å². The Kier molecular flexibility index (Phi) is 15.7. The molecule has 0 aliphatic carbocycles. The summed E-state index contributed by atoms with van der Waals surface area (Å²) in [5.41, 5.74) is 9.68. The van der Waals surface area contributed by atoms with E-state index >= 15 is 0 Å². The molecular formula is C46H60N4O6. The zero-order valence-electron chi connectivity index (χ0n) is 33.0. The van der Waals surface area contributed by atoms with Gasteiger partial charge in [-0.25, -0.2) is 0 Å². The molecule has 3 heterocycles. The molecule has 1 saturated heterocycles. The molecule has 56 heavy (non-hydrogen) atoms. The molecule has 4 aromatic rings. The van der Waals surface area contributed by atoms with Gasteiger partial charge in [-0.1, -0.05) is 48.5 Å². The molecule has 10 nitrogen and oxygen atoms in total. The van der Waals surface area contributed by atoms with Gasteiger partial charge in [-0.2, -0.15) is 0 Å². The van der Waals surface area contributed by atoms with Crippen molar-refractivity contribution >= 4 is 22.7 Å². The molecule has 0 atom stereocenters. The van der Waals surface area contributed by atoms with E-state index in [0.717, 1.165) is 65.2 Å². The number of anilines is 4. The zero-order valence-corrected chi connectivity index (χ0v) is 33.0. The second-order valence-electron chi connectivity index (χ2n) is 14.6. The number of nitrogens with zero attached hydrogens (tertiary/aromatic N) is 4. The normalized spacial score (nSPS) is 19.4. The fourth-order valence-electron chi connectivity index (χ4n) is 7.63. The predicted octanol–water partition coefficient (Wildman–Crippen LogP) is 6.90. The summed E-state index contributed by atoms with van der Waals surface area (Å²) in [7, 11) is 0. The Bertz CT molecular complexity index is 1630. The van der Waals surface area contributed by atoms with Crippen LogP contribution in [0.4, 0.5) is 22.7 Å². The van der Waals surface area contributed by atoms with Crippen molar-refractivity contribution in [3.63, 3.8) is 0 Å². The monoisotopic (exact) mass is 764 g/mol. The largest absolute Gasteiger partial charge is 0.379 e. The minimum Gasteiger partial charge on any atom is -0.379 e. The highest BCUT2D eigenvalue weighted by Gasteiger charge is 2.16. The fraction of sp³-hybridized carbons (Fsp3) is 0.478. The van der Waals surface area contributed by atoms with Gasteiger partial charge in [-0.3, -0.25) is 0 Å². The second kappa shape index (κ2) is 22.0. The number of hydrogen-bond acceptors (Lipinski definition) is 10. The van der Waals surface area contributed by atoms with Gasteiger partial charge >= 0.3 is 0 Å². The molecule has 12 bridgehead atoms. The van der Waals surface area contributed by atoms with Crippen molar-refractivity contribution < 1.29 is 28.4 Å². The van der Waals surface area contributed by atoms with Gasteiger partial charge < -0.3 is 48.0 Å². The van der Waals surface area contributed by atoms with Gasteiger partial charge in [0, 0.05) is 88.3 Å². The molecule has 300 valence electrons. The van der Waals surface area contributed by atoms with Crippen molar-refractivity contribution in [2.45, 2.75) is 25.9 Å². The van der Waals surface area contributed by atoms with E-state index in [-0.39, 0.29) is 0 Å². The SMILES string of the molecule is c1cc2cc(c1)N1CCOCCOCCN(CCOCC1)c1cccc(c1)CN1CCCOCCOCCOCCCN(C2)c2cccc(c2)-c2cccc1c2. The maximum absolute atomic E-state index is 6.35. The smallest absolute Gasteiger partial charge is 0.0701 e. The Morgan fingerprint density at radius 2 is 0.643 bits per heavy atom. The Morgan fingerprint density at radius 1 is 0.304 bits per heavy atom. The molecule has 0 spiro atoms. The third-order valence-corrected chi connectivity index (χ3v) is 10.6. The zero-order chi connectivity index (χ0) is 38.0. The van der Waals surface area contributed by atoms with Crippen LogP contribution in [0, 0.1) is 0 Å².